The predicted molar refractivity (Wildman–Crippen MR) is 112 cm³/mol. The third kappa shape index (κ3) is 4.87. The highest BCUT2D eigenvalue weighted by Gasteiger charge is 2.22. The maximum atomic E-state index is 12.8. The van der Waals surface area contributed by atoms with Crippen molar-refractivity contribution < 1.29 is 13.9 Å². The van der Waals surface area contributed by atoms with E-state index in [4.69, 9.17) is 15.3 Å². The van der Waals surface area contributed by atoms with Gasteiger partial charge in [0.2, 0.25) is 0 Å². The molecule has 0 aliphatic carbocycles. The zero-order valence-corrected chi connectivity index (χ0v) is 17.4. The summed E-state index contributed by atoms with van der Waals surface area (Å²) in [5.74, 6) is 7.99. The molecule has 6 heteroatoms. The van der Waals surface area contributed by atoms with Crippen molar-refractivity contribution >= 4 is 5.70 Å². The average molecular weight is 390 g/mol. The Bertz CT molecular complexity index is 743. The maximum Gasteiger partial charge on any atom is 0.131 e. The van der Waals surface area contributed by atoms with E-state index in [1.807, 2.05) is 36.4 Å². The van der Waals surface area contributed by atoms with Gasteiger partial charge < -0.3 is 14.4 Å². The number of hydrazine groups is 1. The van der Waals surface area contributed by atoms with Gasteiger partial charge in [0, 0.05) is 30.4 Å². The van der Waals surface area contributed by atoms with Gasteiger partial charge in [0.25, 0.3) is 0 Å². The molecule has 0 amide bonds. The minimum absolute atomic E-state index is 0.318. The monoisotopic (exact) mass is 389 g/mol. The van der Waals surface area contributed by atoms with Crippen molar-refractivity contribution in [2.75, 3.05) is 34.0 Å². The van der Waals surface area contributed by atoms with Crippen molar-refractivity contribution in [2.45, 2.75) is 33.1 Å². The van der Waals surface area contributed by atoms with Crippen LogP contribution < -0.4 is 15.3 Å². The minimum atomic E-state index is -0.318. The summed E-state index contributed by atoms with van der Waals surface area (Å²) < 4.78 is 23.6. The van der Waals surface area contributed by atoms with Gasteiger partial charge in [-0.1, -0.05) is 19.4 Å². The van der Waals surface area contributed by atoms with Crippen LogP contribution in [-0.2, 0) is 0 Å². The molecule has 2 rings (SSSR count). The summed E-state index contributed by atoms with van der Waals surface area (Å²) in [5.41, 5.74) is 3.79. The Balaban J connectivity index is 2.46. The molecule has 0 fully saturated rings. The van der Waals surface area contributed by atoms with Gasteiger partial charge in [-0.05, 0) is 44.1 Å². The zero-order valence-electron chi connectivity index (χ0n) is 17.4. The molecule has 0 saturated carbocycles. The second-order valence-corrected chi connectivity index (χ2v) is 6.55. The lowest BCUT2D eigenvalue weighted by Gasteiger charge is -2.34. The molecular weight excluding hydrogens is 357 g/mol. The number of ether oxygens (including phenoxy) is 2. The fourth-order valence-electron chi connectivity index (χ4n) is 3.41. The molecule has 1 aromatic carbocycles. The van der Waals surface area contributed by atoms with Gasteiger partial charge in [0.15, 0.2) is 0 Å². The number of rotatable bonds is 10. The van der Waals surface area contributed by atoms with E-state index in [0.29, 0.717) is 18.7 Å². The first-order valence-electron chi connectivity index (χ1n) is 9.80. The molecule has 1 aliphatic rings. The number of alkyl halides is 1. The summed E-state index contributed by atoms with van der Waals surface area (Å²) in [5, 5.41) is 1.70. The average Bonchev–Trinajstić information content (AvgIpc) is 2.73. The first kappa shape index (κ1) is 21.8. The standard InChI is InChI=1S/C22H32FN3O2/c1-5-9-20(25(6-2)15-8-14-23)21-11-7-10-19(26(21)24)18-13-12-17(27-3)16-22(18)28-4/h7,10-13,16H,5-6,8-9,14-15,24H2,1-4H3/b21-20+. The smallest absolute Gasteiger partial charge is 0.131 e. The van der Waals surface area contributed by atoms with Crippen LogP contribution in [0.4, 0.5) is 4.39 Å². The minimum Gasteiger partial charge on any atom is -0.497 e. The van der Waals surface area contributed by atoms with Crippen LogP contribution in [0.1, 0.15) is 38.7 Å². The van der Waals surface area contributed by atoms with Gasteiger partial charge >= 0.3 is 0 Å². The quantitative estimate of drug-likeness (QED) is 0.598. The van der Waals surface area contributed by atoms with E-state index in [-0.39, 0.29) is 6.67 Å². The molecule has 0 radical (unpaired) electrons. The highest BCUT2D eigenvalue weighted by molar-refractivity contribution is 5.74. The molecule has 28 heavy (non-hydrogen) atoms. The lowest BCUT2D eigenvalue weighted by molar-refractivity contribution is 0.309. The molecule has 5 nitrogen and oxygen atoms in total. The normalized spacial score (nSPS) is 15.4. The fraction of sp³-hybridized carbons (Fsp3) is 0.455. The Hall–Kier alpha value is -2.47. The molecule has 0 atom stereocenters. The molecule has 1 aliphatic heterocycles. The Morgan fingerprint density at radius 2 is 2.00 bits per heavy atom. The van der Waals surface area contributed by atoms with Crippen molar-refractivity contribution in [3.05, 3.63) is 53.4 Å². The van der Waals surface area contributed by atoms with Gasteiger partial charge in [-0.15, -0.1) is 0 Å². The molecule has 1 aromatic rings. The lowest BCUT2D eigenvalue weighted by Crippen LogP contribution is -2.35. The maximum absolute atomic E-state index is 12.8. The number of nitrogens with two attached hydrogens (primary N) is 1. The Morgan fingerprint density at radius 1 is 1.21 bits per heavy atom. The lowest BCUT2D eigenvalue weighted by atomic mass is 10.0. The van der Waals surface area contributed by atoms with Crippen LogP contribution in [0.15, 0.2) is 47.8 Å². The Morgan fingerprint density at radius 3 is 2.61 bits per heavy atom. The Labute approximate surface area is 167 Å². The van der Waals surface area contributed by atoms with Crippen LogP contribution in [0.25, 0.3) is 5.70 Å². The summed E-state index contributed by atoms with van der Waals surface area (Å²) >= 11 is 0. The van der Waals surface area contributed by atoms with Crippen molar-refractivity contribution in [3.8, 4) is 11.5 Å². The van der Waals surface area contributed by atoms with Crippen molar-refractivity contribution in [1.29, 1.82) is 0 Å². The summed E-state index contributed by atoms with van der Waals surface area (Å²) in [6, 6.07) is 5.68. The van der Waals surface area contributed by atoms with Gasteiger partial charge in [-0.25, -0.2) is 5.84 Å². The fourth-order valence-corrected chi connectivity index (χ4v) is 3.41. The molecular formula is C22H32FN3O2. The molecule has 0 spiro atoms. The number of benzene rings is 1. The van der Waals surface area contributed by atoms with Crippen LogP contribution in [0.3, 0.4) is 0 Å². The molecule has 0 aromatic heterocycles. The first-order chi connectivity index (χ1) is 13.6. The van der Waals surface area contributed by atoms with Gasteiger partial charge in [0.1, 0.15) is 11.5 Å². The van der Waals surface area contributed by atoms with Gasteiger partial charge in [-0.2, -0.15) is 0 Å². The van der Waals surface area contributed by atoms with Gasteiger partial charge in [-0.3, -0.25) is 9.40 Å². The second kappa shape index (κ2) is 10.8. The second-order valence-electron chi connectivity index (χ2n) is 6.55. The summed E-state index contributed by atoms with van der Waals surface area (Å²) in [4.78, 5) is 2.22. The van der Waals surface area contributed by atoms with Crippen molar-refractivity contribution in [2.24, 2.45) is 5.84 Å². The molecule has 1 heterocycles. The van der Waals surface area contributed by atoms with Crippen molar-refractivity contribution in [3.63, 3.8) is 0 Å². The highest BCUT2D eigenvalue weighted by atomic mass is 19.1. The van der Waals surface area contributed by atoms with E-state index in [1.165, 1.54) is 0 Å². The summed E-state index contributed by atoms with van der Waals surface area (Å²) in [6.07, 6.45) is 8.35. The summed E-state index contributed by atoms with van der Waals surface area (Å²) in [6.45, 7) is 5.40. The number of methoxy groups -OCH3 is 2. The van der Waals surface area contributed by atoms with E-state index >= 15 is 0 Å². The molecule has 0 bridgehead atoms. The number of halogens is 1. The first-order valence-corrected chi connectivity index (χ1v) is 9.80. The van der Waals surface area contributed by atoms with Crippen molar-refractivity contribution in [1.82, 2.24) is 9.91 Å². The largest absolute Gasteiger partial charge is 0.497 e. The van der Waals surface area contributed by atoms with Crippen LogP contribution in [0, 0.1) is 0 Å². The van der Waals surface area contributed by atoms with Crippen LogP contribution in [0.2, 0.25) is 0 Å². The topological polar surface area (TPSA) is 51.0 Å². The number of allylic oxidation sites excluding steroid dienone is 4. The van der Waals surface area contributed by atoms with Crippen LogP contribution >= 0.6 is 0 Å². The number of hydrogen-bond donors (Lipinski definition) is 1. The Kier molecular flexibility index (Phi) is 8.39. The number of hydrogen-bond acceptors (Lipinski definition) is 5. The summed E-state index contributed by atoms with van der Waals surface area (Å²) in [7, 11) is 3.26. The molecule has 2 N–H and O–H groups in total. The van der Waals surface area contributed by atoms with E-state index in [9.17, 15) is 4.39 Å². The zero-order chi connectivity index (χ0) is 20.5. The van der Waals surface area contributed by atoms with E-state index in [2.05, 4.69) is 18.7 Å². The van der Waals surface area contributed by atoms with E-state index < -0.39 is 0 Å². The molecule has 0 unspecified atom stereocenters. The molecule has 0 saturated heterocycles. The predicted octanol–water partition coefficient (Wildman–Crippen LogP) is 4.48. The SMILES string of the molecule is CCC/C(=C1/C=CC=C(c2ccc(OC)cc2OC)N1N)N(CC)CCCF. The van der Waals surface area contributed by atoms with E-state index in [1.54, 1.807) is 19.2 Å². The van der Waals surface area contributed by atoms with E-state index in [0.717, 1.165) is 47.8 Å². The third-order valence-electron chi connectivity index (χ3n) is 4.82. The number of nitrogens with zero attached hydrogens (tertiary/aromatic N) is 2. The molecule has 154 valence electrons. The van der Waals surface area contributed by atoms with Crippen LogP contribution in [0.5, 0.6) is 11.5 Å². The highest BCUT2D eigenvalue weighted by Crippen LogP contribution is 2.35. The van der Waals surface area contributed by atoms with Gasteiger partial charge in [0.05, 0.1) is 32.3 Å². The third-order valence-corrected chi connectivity index (χ3v) is 4.82. The van der Waals surface area contributed by atoms with Crippen LogP contribution in [-0.4, -0.2) is 43.9 Å².